The first-order valence-corrected chi connectivity index (χ1v) is 7.54. The van der Waals surface area contributed by atoms with Crippen molar-refractivity contribution in [2.24, 2.45) is 0 Å². The van der Waals surface area contributed by atoms with Crippen LogP contribution in [0.5, 0.6) is 0 Å². The van der Waals surface area contributed by atoms with E-state index in [9.17, 15) is 4.79 Å². The van der Waals surface area contributed by atoms with Gasteiger partial charge in [-0.2, -0.15) is 0 Å². The second-order valence-corrected chi connectivity index (χ2v) is 6.00. The van der Waals surface area contributed by atoms with E-state index in [1.165, 1.54) is 0 Å². The highest BCUT2D eigenvalue weighted by Gasteiger charge is 2.13. The minimum Gasteiger partial charge on any atom is -0.464 e. The van der Waals surface area contributed by atoms with Gasteiger partial charge < -0.3 is 9.32 Å². The average Bonchev–Trinajstić information content (AvgIpc) is 2.83. The van der Waals surface area contributed by atoms with E-state index in [4.69, 9.17) is 16.0 Å². The lowest BCUT2D eigenvalue weighted by atomic mass is 10.2. The summed E-state index contributed by atoms with van der Waals surface area (Å²) in [4.78, 5) is 15.9. The molecule has 0 spiro atoms. The molecule has 0 aliphatic heterocycles. The molecule has 0 atom stereocenters. The van der Waals surface area contributed by atoms with Crippen LogP contribution in [0.25, 0.3) is 0 Å². The first-order valence-electron chi connectivity index (χ1n) is 7.16. The molecule has 1 amide bonds. The summed E-state index contributed by atoms with van der Waals surface area (Å²) in [5.74, 6) is 1.71. The van der Waals surface area contributed by atoms with Gasteiger partial charge in [-0.15, -0.1) is 0 Å². The van der Waals surface area contributed by atoms with Crippen molar-refractivity contribution in [3.05, 3.63) is 58.5 Å². The van der Waals surface area contributed by atoms with Gasteiger partial charge in [-0.3, -0.25) is 9.69 Å². The Bertz CT molecular complexity index is 639. The summed E-state index contributed by atoms with van der Waals surface area (Å²) in [6.45, 7) is 3.41. The fourth-order valence-corrected chi connectivity index (χ4v) is 2.46. The molecule has 0 fully saturated rings. The van der Waals surface area contributed by atoms with Crippen LogP contribution < -0.4 is 0 Å². The number of carbonyl (C=O) groups is 1. The van der Waals surface area contributed by atoms with Crippen molar-refractivity contribution >= 4 is 17.5 Å². The third-order valence-corrected chi connectivity index (χ3v) is 3.60. The number of aryl methyl sites for hydroxylation is 1. The molecule has 0 N–H and O–H groups in total. The van der Waals surface area contributed by atoms with Gasteiger partial charge in [-0.05, 0) is 43.8 Å². The van der Waals surface area contributed by atoms with E-state index < -0.39 is 0 Å². The van der Waals surface area contributed by atoms with Gasteiger partial charge in [0.2, 0.25) is 5.91 Å². The molecule has 2 aromatic rings. The SMILES string of the molecule is Cc1ccc(CN(C)C(=O)CN(C)Cc2cccc(Cl)c2)o1. The number of rotatable bonds is 6. The van der Waals surface area contributed by atoms with E-state index >= 15 is 0 Å². The van der Waals surface area contributed by atoms with Crippen molar-refractivity contribution in [1.29, 1.82) is 0 Å². The molecule has 0 saturated heterocycles. The maximum absolute atomic E-state index is 12.2. The quantitative estimate of drug-likeness (QED) is 0.819. The Morgan fingerprint density at radius 2 is 1.95 bits per heavy atom. The third kappa shape index (κ3) is 4.90. The summed E-state index contributed by atoms with van der Waals surface area (Å²) in [5, 5.41) is 0.711. The Kier molecular flexibility index (Phi) is 5.63. The first kappa shape index (κ1) is 16.6. The van der Waals surface area contributed by atoms with Crippen molar-refractivity contribution in [2.45, 2.75) is 20.0 Å². The summed E-state index contributed by atoms with van der Waals surface area (Å²) in [5.41, 5.74) is 1.09. The average molecular weight is 321 g/mol. The maximum atomic E-state index is 12.2. The predicted molar refractivity (Wildman–Crippen MR) is 87.7 cm³/mol. The van der Waals surface area contributed by atoms with Gasteiger partial charge in [0.15, 0.2) is 0 Å². The molecule has 0 bridgehead atoms. The van der Waals surface area contributed by atoms with Gasteiger partial charge >= 0.3 is 0 Å². The third-order valence-electron chi connectivity index (χ3n) is 3.36. The van der Waals surface area contributed by atoms with E-state index in [0.717, 1.165) is 17.1 Å². The van der Waals surface area contributed by atoms with E-state index in [-0.39, 0.29) is 5.91 Å². The fraction of sp³-hybridized carbons (Fsp3) is 0.353. The summed E-state index contributed by atoms with van der Waals surface area (Å²) in [7, 11) is 3.71. The zero-order valence-corrected chi connectivity index (χ0v) is 13.9. The van der Waals surface area contributed by atoms with Crippen LogP contribution in [-0.4, -0.2) is 36.3 Å². The van der Waals surface area contributed by atoms with Gasteiger partial charge in [0.05, 0.1) is 13.1 Å². The number of benzene rings is 1. The number of furan rings is 1. The van der Waals surface area contributed by atoms with Gasteiger partial charge in [0, 0.05) is 18.6 Å². The van der Waals surface area contributed by atoms with E-state index in [1.807, 2.05) is 55.3 Å². The Morgan fingerprint density at radius 3 is 2.59 bits per heavy atom. The lowest BCUT2D eigenvalue weighted by molar-refractivity contribution is -0.131. The second kappa shape index (κ2) is 7.47. The van der Waals surface area contributed by atoms with E-state index in [0.29, 0.717) is 24.7 Å². The summed E-state index contributed by atoms with van der Waals surface area (Å²) in [6.07, 6.45) is 0. The molecule has 1 heterocycles. The molecular formula is C17H21ClN2O2. The normalized spacial score (nSPS) is 11.0. The van der Waals surface area contributed by atoms with Crippen LogP contribution in [0.1, 0.15) is 17.1 Å². The van der Waals surface area contributed by atoms with Crippen molar-refractivity contribution in [3.63, 3.8) is 0 Å². The predicted octanol–water partition coefficient (Wildman–Crippen LogP) is 3.33. The lowest BCUT2D eigenvalue weighted by Gasteiger charge is -2.21. The van der Waals surface area contributed by atoms with Gasteiger partial charge in [0.1, 0.15) is 11.5 Å². The van der Waals surface area contributed by atoms with Gasteiger partial charge in [-0.1, -0.05) is 23.7 Å². The smallest absolute Gasteiger partial charge is 0.236 e. The number of likely N-dealkylation sites (N-methyl/N-ethyl adjacent to an activating group) is 2. The number of hydrogen-bond acceptors (Lipinski definition) is 3. The summed E-state index contributed by atoms with van der Waals surface area (Å²) >= 11 is 5.97. The zero-order valence-electron chi connectivity index (χ0n) is 13.2. The van der Waals surface area contributed by atoms with Crippen LogP contribution in [0.2, 0.25) is 5.02 Å². The first-order chi connectivity index (χ1) is 10.4. The highest BCUT2D eigenvalue weighted by molar-refractivity contribution is 6.30. The van der Waals surface area contributed by atoms with Crippen LogP contribution in [0, 0.1) is 6.92 Å². The molecule has 2 rings (SSSR count). The monoisotopic (exact) mass is 320 g/mol. The Hall–Kier alpha value is -1.78. The zero-order chi connectivity index (χ0) is 16.1. The summed E-state index contributed by atoms with van der Waals surface area (Å²) in [6, 6.07) is 11.5. The fourth-order valence-electron chi connectivity index (χ4n) is 2.25. The molecule has 0 aliphatic rings. The maximum Gasteiger partial charge on any atom is 0.236 e. The van der Waals surface area contributed by atoms with Crippen molar-refractivity contribution in [1.82, 2.24) is 9.80 Å². The van der Waals surface area contributed by atoms with E-state index in [1.54, 1.807) is 11.9 Å². The number of carbonyl (C=O) groups excluding carboxylic acids is 1. The molecule has 22 heavy (non-hydrogen) atoms. The largest absolute Gasteiger partial charge is 0.464 e. The van der Waals surface area contributed by atoms with Gasteiger partial charge in [-0.25, -0.2) is 0 Å². The van der Waals surface area contributed by atoms with E-state index in [2.05, 4.69) is 0 Å². The molecule has 0 unspecified atom stereocenters. The Labute approximate surface area is 136 Å². The van der Waals surface area contributed by atoms with Crippen LogP contribution in [-0.2, 0) is 17.9 Å². The molecule has 118 valence electrons. The lowest BCUT2D eigenvalue weighted by Crippen LogP contribution is -2.35. The van der Waals surface area contributed by atoms with Crippen LogP contribution >= 0.6 is 11.6 Å². The molecule has 1 aromatic heterocycles. The molecule has 1 aromatic carbocycles. The highest BCUT2D eigenvalue weighted by Crippen LogP contribution is 2.12. The number of nitrogens with zero attached hydrogens (tertiary/aromatic N) is 2. The molecule has 0 saturated carbocycles. The van der Waals surface area contributed by atoms with Crippen molar-refractivity contribution in [3.8, 4) is 0 Å². The van der Waals surface area contributed by atoms with Gasteiger partial charge in [0.25, 0.3) is 0 Å². The highest BCUT2D eigenvalue weighted by atomic mass is 35.5. The molecule has 0 radical (unpaired) electrons. The number of hydrogen-bond donors (Lipinski definition) is 0. The van der Waals surface area contributed by atoms with Crippen LogP contribution in [0.4, 0.5) is 0 Å². The molecular weight excluding hydrogens is 300 g/mol. The number of amides is 1. The Balaban J connectivity index is 1.85. The van der Waals surface area contributed by atoms with Crippen molar-refractivity contribution in [2.75, 3.05) is 20.6 Å². The minimum atomic E-state index is 0.0542. The summed E-state index contributed by atoms with van der Waals surface area (Å²) < 4.78 is 5.50. The Morgan fingerprint density at radius 1 is 1.18 bits per heavy atom. The second-order valence-electron chi connectivity index (χ2n) is 5.56. The van der Waals surface area contributed by atoms with Crippen LogP contribution in [0.15, 0.2) is 40.8 Å². The standard InChI is InChI=1S/C17H21ClN2O2/c1-13-7-8-16(22-13)11-20(3)17(21)12-19(2)10-14-5-4-6-15(18)9-14/h4-9H,10-12H2,1-3H3. The molecule has 0 aliphatic carbocycles. The molecule has 4 nitrogen and oxygen atoms in total. The van der Waals surface area contributed by atoms with Crippen molar-refractivity contribution < 1.29 is 9.21 Å². The molecule has 5 heteroatoms. The number of halogens is 1. The van der Waals surface area contributed by atoms with Crippen LogP contribution in [0.3, 0.4) is 0 Å². The topological polar surface area (TPSA) is 36.7 Å². The minimum absolute atomic E-state index is 0.0542.